The predicted molar refractivity (Wildman–Crippen MR) is 83.4 cm³/mol. The zero-order valence-corrected chi connectivity index (χ0v) is 12.9. The van der Waals surface area contributed by atoms with Crippen LogP contribution in [0.1, 0.15) is 39.5 Å². The van der Waals surface area contributed by atoms with Crippen LogP contribution in [-0.2, 0) is 6.54 Å². The zero-order chi connectivity index (χ0) is 14.8. The second kappa shape index (κ2) is 6.00. The highest BCUT2D eigenvalue weighted by Gasteiger charge is 2.28. The minimum atomic E-state index is -0.272. The minimum absolute atomic E-state index is 0.213. The first kappa shape index (κ1) is 15.1. The van der Waals surface area contributed by atoms with Crippen molar-refractivity contribution in [1.82, 2.24) is 9.78 Å². The van der Waals surface area contributed by atoms with E-state index in [2.05, 4.69) is 30.8 Å². The summed E-state index contributed by atoms with van der Waals surface area (Å²) in [5.41, 5.74) is 0.708. The van der Waals surface area contributed by atoms with Gasteiger partial charge in [-0.1, -0.05) is 37.9 Å². The molecule has 0 spiro atoms. The number of aromatic nitrogens is 2. The molecule has 0 aromatic carbocycles. The van der Waals surface area contributed by atoms with Gasteiger partial charge in [-0.3, -0.25) is 4.79 Å². The molecule has 0 aliphatic heterocycles. The van der Waals surface area contributed by atoms with Crippen molar-refractivity contribution in [1.29, 1.82) is 0 Å². The Morgan fingerprint density at radius 2 is 2.40 bits per heavy atom. The number of anilines is 1. The molecule has 1 aliphatic rings. The number of nitrogens with one attached hydrogen (secondary N) is 1. The summed E-state index contributed by atoms with van der Waals surface area (Å²) in [7, 11) is 0. The molecule has 1 fully saturated rings. The quantitative estimate of drug-likeness (QED) is 0.865. The Balaban J connectivity index is 2.16. The Labute approximate surface area is 124 Å². The summed E-state index contributed by atoms with van der Waals surface area (Å²) >= 11 is 6.15. The van der Waals surface area contributed by atoms with Crippen LogP contribution in [0.25, 0.3) is 0 Å². The summed E-state index contributed by atoms with van der Waals surface area (Å²) < 4.78 is 1.31. The van der Waals surface area contributed by atoms with Gasteiger partial charge in [0.25, 0.3) is 5.56 Å². The molecule has 1 heterocycles. The third kappa shape index (κ3) is 3.42. The van der Waals surface area contributed by atoms with E-state index in [1.54, 1.807) is 12.3 Å². The van der Waals surface area contributed by atoms with Crippen LogP contribution in [-0.4, -0.2) is 15.8 Å². The van der Waals surface area contributed by atoms with Crippen LogP contribution in [0.2, 0.25) is 5.02 Å². The molecule has 5 heteroatoms. The van der Waals surface area contributed by atoms with E-state index in [-0.39, 0.29) is 10.6 Å². The van der Waals surface area contributed by atoms with Crippen molar-refractivity contribution in [2.75, 3.05) is 5.32 Å². The van der Waals surface area contributed by atoms with Crippen molar-refractivity contribution < 1.29 is 0 Å². The van der Waals surface area contributed by atoms with Crippen LogP contribution in [0.4, 0.5) is 5.69 Å². The minimum Gasteiger partial charge on any atom is -0.380 e. The molecule has 1 saturated carbocycles. The van der Waals surface area contributed by atoms with Gasteiger partial charge in [-0.05, 0) is 24.7 Å². The smallest absolute Gasteiger partial charge is 0.287 e. The molecule has 1 aromatic heterocycles. The molecule has 0 bridgehead atoms. The highest BCUT2D eigenvalue weighted by Crippen LogP contribution is 2.36. The van der Waals surface area contributed by atoms with Crippen molar-refractivity contribution in [3.8, 4) is 0 Å². The van der Waals surface area contributed by atoms with Gasteiger partial charge < -0.3 is 5.32 Å². The van der Waals surface area contributed by atoms with Gasteiger partial charge in [-0.25, -0.2) is 4.68 Å². The Morgan fingerprint density at radius 1 is 1.65 bits per heavy atom. The number of rotatable bonds is 4. The molecule has 110 valence electrons. The standard InChI is InChI=1S/C15H22ClN3O/c1-4-8-19-14(20)13(16)12(10-17-19)18-11-6-5-7-15(2,3)9-11/h4,10-11,18H,1,5-9H2,2-3H3. The molecule has 2 rings (SSSR count). The van der Waals surface area contributed by atoms with Gasteiger partial charge >= 0.3 is 0 Å². The SMILES string of the molecule is C=CCn1ncc(NC2CCCC(C)(C)C2)c(Cl)c1=O. The van der Waals surface area contributed by atoms with Crippen molar-refractivity contribution >= 4 is 17.3 Å². The van der Waals surface area contributed by atoms with Gasteiger partial charge in [-0.2, -0.15) is 5.10 Å². The van der Waals surface area contributed by atoms with Gasteiger partial charge in [0.05, 0.1) is 18.4 Å². The second-order valence-electron chi connectivity index (χ2n) is 6.25. The highest BCUT2D eigenvalue weighted by molar-refractivity contribution is 6.32. The molecule has 1 N–H and O–H groups in total. The van der Waals surface area contributed by atoms with E-state index in [9.17, 15) is 4.79 Å². The number of nitrogens with zero attached hydrogens (tertiary/aromatic N) is 2. The van der Waals surface area contributed by atoms with Gasteiger partial charge in [0.1, 0.15) is 5.02 Å². The van der Waals surface area contributed by atoms with Gasteiger partial charge in [0, 0.05) is 6.04 Å². The molecule has 0 amide bonds. The first-order valence-electron chi connectivity index (χ1n) is 7.06. The molecule has 0 radical (unpaired) electrons. The third-order valence-corrected chi connectivity index (χ3v) is 4.22. The molecular formula is C15H22ClN3O. The topological polar surface area (TPSA) is 46.9 Å². The maximum atomic E-state index is 12.0. The third-order valence-electron chi connectivity index (χ3n) is 3.85. The molecule has 1 unspecified atom stereocenters. The van der Waals surface area contributed by atoms with E-state index in [0.717, 1.165) is 12.8 Å². The van der Waals surface area contributed by atoms with Gasteiger partial charge in [0.15, 0.2) is 0 Å². The van der Waals surface area contributed by atoms with Crippen LogP contribution in [0.3, 0.4) is 0 Å². The van der Waals surface area contributed by atoms with E-state index in [0.29, 0.717) is 23.7 Å². The van der Waals surface area contributed by atoms with Crippen molar-refractivity contribution in [2.45, 2.75) is 52.1 Å². The fourth-order valence-corrected chi connectivity index (χ4v) is 3.06. The summed E-state index contributed by atoms with van der Waals surface area (Å²) in [6, 6.07) is 0.354. The van der Waals surface area contributed by atoms with Crippen LogP contribution >= 0.6 is 11.6 Å². The van der Waals surface area contributed by atoms with E-state index >= 15 is 0 Å². The lowest BCUT2D eigenvalue weighted by molar-refractivity contribution is 0.229. The molecule has 1 aromatic rings. The average Bonchev–Trinajstić information content (AvgIpc) is 2.37. The van der Waals surface area contributed by atoms with E-state index in [4.69, 9.17) is 11.6 Å². The molecule has 4 nitrogen and oxygen atoms in total. The molecule has 1 atom stereocenters. The number of hydrogen-bond acceptors (Lipinski definition) is 3. The number of allylic oxidation sites excluding steroid dienone is 1. The molecular weight excluding hydrogens is 274 g/mol. The number of hydrogen-bond donors (Lipinski definition) is 1. The monoisotopic (exact) mass is 295 g/mol. The zero-order valence-electron chi connectivity index (χ0n) is 12.2. The van der Waals surface area contributed by atoms with Gasteiger partial charge in [0.2, 0.25) is 0 Å². The lowest BCUT2D eigenvalue weighted by atomic mass is 9.75. The Hall–Kier alpha value is -1.29. The Morgan fingerprint density at radius 3 is 3.05 bits per heavy atom. The van der Waals surface area contributed by atoms with Crippen molar-refractivity contribution in [3.63, 3.8) is 0 Å². The lowest BCUT2D eigenvalue weighted by Gasteiger charge is -2.36. The summed E-state index contributed by atoms with van der Waals surface area (Å²) in [6.45, 7) is 8.53. The van der Waals surface area contributed by atoms with E-state index < -0.39 is 0 Å². The summed E-state index contributed by atoms with van der Waals surface area (Å²) in [5.74, 6) is 0. The van der Waals surface area contributed by atoms with Gasteiger partial charge in [-0.15, -0.1) is 6.58 Å². The second-order valence-corrected chi connectivity index (χ2v) is 6.63. The molecule has 1 aliphatic carbocycles. The first-order valence-corrected chi connectivity index (χ1v) is 7.44. The normalized spacial score (nSPS) is 21.4. The average molecular weight is 296 g/mol. The fraction of sp³-hybridized carbons (Fsp3) is 0.600. The summed E-state index contributed by atoms with van der Waals surface area (Å²) in [4.78, 5) is 12.0. The van der Waals surface area contributed by atoms with Crippen LogP contribution in [0.5, 0.6) is 0 Å². The predicted octanol–water partition coefficient (Wildman–Crippen LogP) is 3.46. The Kier molecular flexibility index (Phi) is 4.53. The largest absolute Gasteiger partial charge is 0.380 e. The van der Waals surface area contributed by atoms with E-state index in [1.807, 2.05) is 0 Å². The van der Waals surface area contributed by atoms with Crippen LogP contribution < -0.4 is 10.9 Å². The van der Waals surface area contributed by atoms with Crippen molar-refractivity contribution in [3.05, 3.63) is 34.2 Å². The van der Waals surface area contributed by atoms with Crippen LogP contribution in [0.15, 0.2) is 23.6 Å². The molecule has 20 heavy (non-hydrogen) atoms. The Bertz CT molecular complexity index is 551. The number of halogens is 1. The van der Waals surface area contributed by atoms with Crippen LogP contribution in [0, 0.1) is 5.41 Å². The lowest BCUT2D eigenvalue weighted by Crippen LogP contribution is -2.33. The highest BCUT2D eigenvalue weighted by atomic mass is 35.5. The summed E-state index contributed by atoms with van der Waals surface area (Å²) in [5, 5.41) is 7.71. The maximum Gasteiger partial charge on any atom is 0.287 e. The maximum absolute atomic E-state index is 12.0. The fourth-order valence-electron chi connectivity index (χ4n) is 2.86. The first-order chi connectivity index (χ1) is 9.43. The molecule has 0 saturated heterocycles. The van der Waals surface area contributed by atoms with E-state index in [1.165, 1.54) is 17.5 Å². The van der Waals surface area contributed by atoms with Crippen molar-refractivity contribution in [2.24, 2.45) is 5.41 Å². The summed E-state index contributed by atoms with van der Waals surface area (Å²) in [6.07, 6.45) is 7.90.